The van der Waals surface area contributed by atoms with E-state index >= 15 is 0 Å². The molecule has 1 rings (SSSR count). The molecular formula is C9H12N4O6. The first-order chi connectivity index (χ1) is 8.88. The second-order valence-electron chi connectivity index (χ2n) is 3.66. The van der Waals surface area contributed by atoms with E-state index in [2.05, 4.69) is 5.32 Å². The molecule has 0 radical (unpaired) electrons. The highest BCUT2D eigenvalue weighted by atomic mass is 16.4. The molecule has 0 atom stereocenters. The third-order valence-corrected chi connectivity index (χ3v) is 2.07. The lowest BCUT2D eigenvalue weighted by atomic mass is 10.3. The number of imide groups is 1. The van der Waals surface area contributed by atoms with E-state index in [9.17, 15) is 24.0 Å². The van der Waals surface area contributed by atoms with E-state index in [1.807, 2.05) is 10.6 Å². The van der Waals surface area contributed by atoms with Crippen molar-refractivity contribution < 1.29 is 29.1 Å². The number of piperazine rings is 1. The Morgan fingerprint density at radius 2 is 1.68 bits per heavy atom. The molecule has 0 spiro atoms. The lowest BCUT2D eigenvalue weighted by Crippen LogP contribution is -2.56. The quantitative estimate of drug-likeness (QED) is 0.398. The third-order valence-electron chi connectivity index (χ3n) is 2.07. The van der Waals surface area contributed by atoms with Crippen LogP contribution in [-0.4, -0.2) is 65.9 Å². The van der Waals surface area contributed by atoms with E-state index in [4.69, 9.17) is 5.11 Å². The summed E-state index contributed by atoms with van der Waals surface area (Å²) in [5.41, 5.74) is 0. The van der Waals surface area contributed by atoms with Crippen LogP contribution in [0.3, 0.4) is 0 Å². The van der Waals surface area contributed by atoms with Crippen LogP contribution in [0.25, 0.3) is 0 Å². The van der Waals surface area contributed by atoms with E-state index in [0.29, 0.717) is 0 Å². The van der Waals surface area contributed by atoms with Gasteiger partial charge >= 0.3 is 12.0 Å². The Kier molecular flexibility index (Phi) is 4.80. The number of carbonyl (C=O) groups excluding carboxylic acids is 4. The number of carboxylic acids is 1. The van der Waals surface area contributed by atoms with E-state index in [1.54, 1.807) is 0 Å². The van der Waals surface area contributed by atoms with Crippen LogP contribution < -0.4 is 16.0 Å². The fourth-order valence-corrected chi connectivity index (χ4v) is 1.29. The van der Waals surface area contributed by atoms with Crippen molar-refractivity contribution in [2.24, 2.45) is 0 Å². The molecule has 0 unspecified atom stereocenters. The molecule has 5 amide bonds. The number of nitrogens with one attached hydrogen (secondary N) is 3. The number of urea groups is 1. The molecule has 10 nitrogen and oxygen atoms in total. The molecular weight excluding hydrogens is 260 g/mol. The lowest BCUT2D eigenvalue weighted by Gasteiger charge is -2.25. The van der Waals surface area contributed by atoms with Crippen molar-refractivity contribution in [2.45, 2.75) is 0 Å². The zero-order valence-corrected chi connectivity index (χ0v) is 9.76. The number of rotatable bonds is 4. The minimum absolute atomic E-state index is 0.283. The standard InChI is InChI=1S/C9H12N4O6/c14-5(10-2-8(17)18)1-11-9(19)13-3-6(15)12-7(16)4-13/h1-4H2,(H,10,14)(H,11,19)(H,17,18)(H,12,15,16). The van der Waals surface area contributed by atoms with Crippen LogP contribution in [0.5, 0.6) is 0 Å². The molecule has 0 aromatic carbocycles. The maximum atomic E-state index is 11.5. The van der Waals surface area contributed by atoms with Crippen LogP contribution in [0.15, 0.2) is 0 Å². The number of carbonyl (C=O) groups is 5. The van der Waals surface area contributed by atoms with Gasteiger partial charge in [-0.15, -0.1) is 0 Å². The molecule has 0 aliphatic carbocycles. The van der Waals surface area contributed by atoms with Gasteiger partial charge < -0.3 is 20.6 Å². The molecule has 1 aliphatic rings. The van der Waals surface area contributed by atoms with Gasteiger partial charge in [0.25, 0.3) is 0 Å². The summed E-state index contributed by atoms with van der Waals surface area (Å²) in [5.74, 6) is -3.12. The fourth-order valence-electron chi connectivity index (χ4n) is 1.29. The predicted octanol–water partition coefficient (Wildman–Crippen LogP) is -3.14. The van der Waals surface area contributed by atoms with Crippen molar-refractivity contribution in [1.82, 2.24) is 20.9 Å². The number of nitrogens with zero attached hydrogens (tertiary/aromatic N) is 1. The second-order valence-corrected chi connectivity index (χ2v) is 3.66. The predicted molar refractivity (Wildman–Crippen MR) is 58.8 cm³/mol. The van der Waals surface area contributed by atoms with Gasteiger partial charge in [0.2, 0.25) is 17.7 Å². The zero-order valence-electron chi connectivity index (χ0n) is 9.76. The minimum Gasteiger partial charge on any atom is -0.480 e. The van der Waals surface area contributed by atoms with Gasteiger partial charge in [0.1, 0.15) is 19.6 Å². The normalized spacial score (nSPS) is 14.6. The van der Waals surface area contributed by atoms with E-state index in [0.717, 1.165) is 4.90 Å². The lowest BCUT2D eigenvalue weighted by molar-refractivity contribution is -0.138. The molecule has 1 heterocycles. The summed E-state index contributed by atoms with van der Waals surface area (Å²) in [4.78, 5) is 55.7. The monoisotopic (exact) mass is 272 g/mol. The fraction of sp³-hybridized carbons (Fsp3) is 0.444. The van der Waals surface area contributed by atoms with E-state index in [1.165, 1.54) is 0 Å². The first-order valence-corrected chi connectivity index (χ1v) is 5.22. The summed E-state index contributed by atoms with van der Waals surface area (Å²) in [7, 11) is 0. The summed E-state index contributed by atoms with van der Waals surface area (Å²) in [6.07, 6.45) is 0. The van der Waals surface area contributed by atoms with E-state index < -0.39 is 42.8 Å². The van der Waals surface area contributed by atoms with Gasteiger partial charge in [0, 0.05) is 0 Å². The molecule has 1 fully saturated rings. The van der Waals surface area contributed by atoms with Gasteiger partial charge in [0.15, 0.2) is 0 Å². The van der Waals surface area contributed by atoms with E-state index in [-0.39, 0.29) is 13.1 Å². The van der Waals surface area contributed by atoms with Gasteiger partial charge in [0.05, 0.1) is 6.54 Å². The van der Waals surface area contributed by atoms with Crippen molar-refractivity contribution in [3.63, 3.8) is 0 Å². The molecule has 0 aromatic rings. The van der Waals surface area contributed by atoms with Crippen molar-refractivity contribution >= 4 is 29.7 Å². The Labute approximate surface area is 107 Å². The first-order valence-electron chi connectivity index (χ1n) is 5.22. The van der Waals surface area contributed by atoms with Crippen LogP contribution >= 0.6 is 0 Å². The molecule has 1 saturated heterocycles. The first kappa shape index (κ1) is 14.4. The molecule has 0 bridgehead atoms. The molecule has 19 heavy (non-hydrogen) atoms. The summed E-state index contributed by atoms with van der Waals surface area (Å²) in [5, 5.41) is 14.5. The molecule has 1 aliphatic heterocycles. The summed E-state index contributed by atoms with van der Waals surface area (Å²) >= 11 is 0. The maximum Gasteiger partial charge on any atom is 0.322 e. The Morgan fingerprint density at radius 1 is 1.11 bits per heavy atom. The van der Waals surface area contributed by atoms with Crippen molar-refractivity contribution in [3.05, 3.63) is 0 Å². The van der Waals surface area contributed by atoms with Gasteiger partial charge in [-0.1, -0.05) is 0 Å². The number of aliphatic carboxylic acids is 1. The highest BCUT2D eigenvalue weighted by Gasteiger charge is 2.26. The number of amides is 5. The van der Waals surface area contributed by atoms with Gasteiger partial charge in [-0.3, -0.25) is 24.5 Å². The van der Waals surface area contributed by atoms with Crippen LogP contribution in [0.4, 0.5) is 4.79 Å². The van der Waals surface area contributed by atoms with Crippen molar-refractivity contribution in [2.75, 3.05) is 26.2 Å². The zero-order chi connectivity index (χ0) is 14.4. The topological polar surface area (TPSA) is 145 Å². The summed E-state index contributed by atoms with van der Waals surface area (Å²) in [6.45, 7) is -1.57. The average Bonchev–Trinajstić information content (AvgIpc) is 2.32. The van der Waals surface area contributed by atoms with Crippen LogP contribution in [0.2, 0.25) is 0 Å². The SMILES string of the molecule is O=C(O)CNC(=O)CNC(=O)N1CC(=O)NC(=O)C1. The molecule has 4 N–H and O–H groups in total. The largest absolute Gasteiger partial charge is 0.480 e. The van der Waals surface area contributed by atoms with Gasteiger partial charge in [-0.25, -0.2) is 4.79 Å². The van der Waals surface area contributed by atoms with Crippen LogP contribution in [0, 0.1) is 0 Å². The van der Waals surface area contributed by atoms with Crippen molar-refractivity contribution in [3.8, 4) is 0 Å². The summed E-state index contributed by atoms with van der Waals surface area (Å²) < 4.78 is 0. The number of hydrogen-bond acceptors (Lipinski definition) is 5. The number of carboxylic acid groups (broad SMARTS) is 1. The number of hydrogen-bond donors (Lipinski definition) is 4. The Hall–Kier alpha value is -2.65. The van der Waals surface area contributed by atoms with Crippen LogP contribution in [-0.2, 0) is 19.2 Å². The molecule has 10 heteroatoms. The van der Waals surface area contributed by atoms with Gasteiger partial charge in [-0.2, -0.15) is 0 Å². The Balaban J connectivity index is 2.34. The third kappa shape index (κ3) is 5.02. The average molecular weight is 272 g/mol. The second kappa shape index (κ2) is 6.33. The molecule has 0 aromatic heterocycles. The molecule has 104 valence electrons. The Morgan fingerprint density at radius 3 is 2.21 bits per heavy atom. The highest BCUT2D eigenvalue weighted by molar-refractivity contribution is 6.02. The van der Waals surface area contributed by atoms with Crippen LogP contribution in [0.1, 0.15) is 0 Å². The smallest absolute Gasteiger partial charge is 0.322 e. The van der Waals surface area contributed by atoms with Gasteiger partial charge in [-0.05, 0) is 0 Å². The Bertz CT molecular complexity index is 418. The highest BCUT2D eigenvalue weighted by Crippen LogP contribution is 1.94. The maximum absolute atomic E-state index is 11.5. The van der Waals surface area contributed by atoms with Crippen molar-refractivity contribution in [1.29, 1.82) is 0 Å². The minimum atomic E-state index is -1.21. The summed E-state index contributed by atoms with van der Waals surface area (Å²) in [6, 6.07) is -0.756. The molecule has 0 saturated carbocycles.